The molecule has 0 aromatic heterocycles. The maximum Gasteiger partial charge on any atom is 0.154 e. The van der Waals surface area contributed by atoms with Gasteiger partial charge in [-0.1, -0.05) is 11.6 Å². The summed E-state index contributed by atoms with van der Waals surface area (Å²) in [6.45, 7) is 0. The highest BCUT2D eigenvalue weighted by molar-refractivity contribution is 14.1. The van der Waals surface area contributed by atoms with Gasteiger partial charge in [-0.05, 0) is 34.7 Å². The molecule has 0 aliphatic heterocycles. The van der Waals surface area contributed by atoms with E-state index in [1.807, 2.05) is 22.6 Å². The van der Waals surface area contributed by atoms with Crippen LogP contribution in [-0.4, -0.2) is 6.29 Å². The van der Waals surface area contributed by atoms with Gasteiger partial charge in [0, 0.05) is 3.57 Å². The van der Waals surface area contributed by atoms with Crippen LogP contribution >= 0.6 is 34.2 Å². The molecule has 4 heteroatoms. The maximum atomic E-state index is 12.9. The van der Waals surface area contributed by atoms with Gasteiger partial charge in [-0.15, -0.1) is 0 Å². The van der Waals surface area contributed by atoms with Gasteiger partial charge < -0.3 is 0 Å². The maximum absolute atomic E-state index is 12.9. The quantitative estimate of drug-likeness (QED) is 0.440. The van der Waals surface area contributed by atoms with E-state index in [1.54, 1.807) is 6.07 Å². The average molecular weight is 284 g/mol. The molecule has 0 N–H and O–H groups in total. The van der Waals surface area contributed by atoms with Crippen molar-refractivity contribution in [3.05, 3.63) is 32.1 Å². The summed E-state index contributed by atoms with van der Waals surface area (Å²) in [5.74, 6) is -0.645. The third-order valence-electron chi connectivity index (χ3n) is 1.20. The van der Waals surface area contributed by atoms with Gasteiger partial charge in [-0.3, -0.25) is 4.79 Å². The fourth-order valence-corrected chi connectivity index (χ4v) is 1.36. The lowest BCUT2D eigenvalue weighted by molar-refractivity contribution is 0.111. The van der Waals surface area contributed by atoms with Gasteiger partial charge in [-0.2, -0.15) is 0 Å². The van der Waals surface area contributed by atoms with Gasteiger partial charge in [0.15, 0.2) is 12.1 Å². The van der Waals surface area contributed by atoms with Crippen LogP contribution < -0.4 is 0 Å². The Labute approximate surface area is 81.7 Å². The molecule has 0 spiro atoms. The number of halogens is 3. The van der Waals surface area contributed by atoms with Gasteiger partial charge in [0.25, 0.3) is 0 Å². The summed E-state index contributed by atoms with van der Waals surface area (Å²) >= 11 is 7.30. The van der Waals surface area contributed by atoms with Crippen LogP contribution in [-0.2, 0) is 0 Å². The molecule has 1 rings (SSSR count). The van der Waals surface area contributed by atoms with Crippen molar-refractivity contribution in [3.8, 4) is 0 Å². The van der Waals surface area contributed by atoms with Crippen molar-refractivity contribution in [1.29, 1.82) is 0 Å². The zero-order chi connectivity index (χ0) is 8.43. The molecule has 0 radical (unpaired) electrons. The summed E-state index contributed by atoms with van der Waals surface area (Å²) in [6.07, 6.45) is 0.461. The van der Waals surface area contributed by atoms with Crippen LogP contribution in [0.25, 0.3) is 0 Å². The predicted octanol–water partition coefficient (Wildman–Crippen LogP) is 2.90. The SMILES string of the molecule is O=Cc1c(I)ccc(Cl)c1F. The summed E-state index contributed by atoms with van der Waals surface area (Å²) in [5.41, 5.74) is 0.0260. The predicted molar refractivity (Wildman–Crippen MR) is 49.5 cm³/mol. The second-order valence-electron chi connectivity index (χ2n) is 1.87. The average Bonchev–Trinajstić information content (AvgIpc) is 1.99. The molecule has 1 aromatic carbocycles. The Morgan fingerprint density at radius 3 is 2.64 bits per heavy atom. The molecule has 0 saturated heterocycles. The number of aldehydes is 1. The first-order chi connectivity index (χ1) is 5.16. The Balaban J connectivity index is 3.40. The second kappa shape index (κ2) is 3.49. The minimum atomic E-state index is -0.645. The van der Waals surface area contributed by atoms with Crippen LogP contribution in [0, 0.1) is 9.39 Å². The lowest BCUT2D eigenvalue weighted by Gasteiger charge is -1.98. The molecule has 1 aromatic rings. The standard InChI is InChI=1S/C7H3ClFIO/c8-5-1-2-6(10)4(3-11)7(5)9/h1-3H. The number of hydrogen-bond acceptors (Lipinski definition) is 1. The molecule has 0 atom stereocenters. The molecule has 11 heavy (non-hydrogen) atoms. The molecule has 0 amide bonds. The van der Waals surface area contributed by atoms with Gasteiger partial charge in [0.05, 0.1) is 10.6 Å². The lowest BCUT2D eigenvalue weighted by atomic mass is 10.2. The third-order valence-corrected chi connectivity index (χ3v) is 2.43. The van der Waals surface area contributed by atoms with Crippen molar-refractivity contribution in [2.75, 3.05) is 0 Å². The first-order valence-corrected chi connectivity index (χ1v) is 4.21. The van der Waals surface area contributed by atoms with Crippen molar-refractivity contribution in [1.82, 2.24) is 0 Å². The van der Waals surface area contributed by atoms with E-state index >= 15 is 0 Å². The highest BCUT2D eigenvalue weighted by Crippen LogP contribution is 2.21. The van der Waals surface area contributed by atoms with Crippen molar-refractivity contribution in [2.24, 2.45) is 0 Å². The fraction of sp³-hybridized carbons (Fsp3) is 0. The van der Waals surface area contributed by atoms with Crippen LogP contribution in [0.15, 0.2) is 12.1 Å². The summed E-state index contributed by atoms with van der Waals surface area (Å²) < 4.78 is 13.5. The van der Waals surface area contributed by atoms with Crippen LogP contribution in [0.2, 0.25) is 5.02 Å². The molecular formula is C7H3ClFIO. The van der Waals surface area contributed by atoms with E-state index in [4.69, 9.17) is 11.6 Å². The van der Waals surface area contributed by atoms with Crippen molar-refractivity contribution < 1.29 is 9.18 Å². The smallest absolute Gasteiger partial charge is 0.154 e. The van der Waals surface area contributed by atoms with E-state index in [-0.39, 0.29) is 10.6 Å². The first kappa shape index (κ1) is 8.93. The zero-order valence-electron chi connectivity index (χ0n) is 5.27. The third kappa shape index (κ3) is 1.70. The number of carbonyl (C=O) groups is 1. The number of rotatable bonds is 1. The monoisotopic (exact) mass is 284 g/mol. The Morgan fingerprint density at radius 1 is 1.55 bits per heavy atom. The number of hydrogen-bond donors (Lipinski definition) is 0. The van der Waals surface area contributed by atoms with E-state index in [1.165, 1.54) is 6.07 Å². The largest absolute Gasteiger partial charge is 0.298 e. The topological polar surface area (TPSA) is 17.1 Å². The van der Waals surface area contributed by atoms with Crippen LogP contribution in [0.4, 0.5) is 4.39 Å². The zero-order valence-corrected chi connectivity index (χ0v) is 8.19. The molecule has 0 saturated carbocycles. The molecular weight excluding hydrogens is 281 g/mol. The normalized spacial score (nSPS) is 9.73. The molecule has 0 unspecified atom stereocenters. The Bertz CT molecular complexity index is 301. The molecule has 0 heterocycles. The van der Waals surface area contributed by atoms with E-state index in [2.05, 4.69) is 0 Å². The number of carbonyl (C=O) groups excluding carboxylic acids is 1. The number of benzene rings is 1. The summed E-state index contributed by atoms with van der Waals surface area (Å²) in [6, 6.07) is 3.02. The van der Waals surface area contributed by atoms with E-state index in [0.29, 0.717) is 9.86 Å². The van der Waals surface area contributed by atoms with Crippen LogP contribution in [0.5, 0.6) is 0 Å². The minimum absolute atomic E-state index is 0.0208. The molecule has 0 bridgehead atoms. The summed E-state index contributed by atoms with van der Waals surface area (Å²) in [7, 11) is 0. The van der Waals surface area contributed by atoms with E-state index in [0.717, 1.165) is 0 Å². The highest BCUT2D eigenvalue weighted by atomic mass is 127. The fourth-order valence-electron chi connectivity index (χ4n) is 0.651. The van der Waals surface area contributed by atoms with Crippen molar-refractivity contribution >= 4 is 40.5 Å². The molecule has 1 nitrogen and oxygen atoms in total. The van der Waals surface area contributed by atoms with E-state index in [9.17, 15) is 9.18 Å². The highest BCUT2D eigenvalue weighted by Gasteiger charge is 2.08. The minimum Gasteiger partial charge on any atom is -0.298 e. The van der Waals surface area contributed by atoms with Gasteiger partial charge >= 0.3 is 0 Å². The Morgan fingerprint density at radius 2 is 2.18 bits per heavy atom. The van der Waals surface area contributed by atoms with Crippen molar-refractivity contribution in [3.63, 3.8) is 0 Å². The Kier molecular flexibility index (Phi) is 2.84. The summed E-state index contributed by atoms with van der Waals surface area (Å²) in [5, 5.41) is -0.0208. The first-order valence-electron chi connectivity index (χ1n) is 2.75. The van der Waals surface area contributed by atoms with Crippen LogP contribution in [0.1, 0.15) is 10.4 Å². The lowest BCUT2D eigenvalue weighted by Crippen LogP contribution is -1.92. The molecule has 0 aliphatic rings. The van der Waals surface area contributed by atoms with Gasteiger partial charge in [-0.25, -0.2) is 4.39 Å². The Hall–Kier alpha value is -0.160. The molecule has 0 aliphatic carbocycles. The van der Waals surface area contributed by atoms with Gasteiger partial charge in [0.2, 0.25) is 0 Å². The second-order valence-corrected chi connectivity index (χ2v) is 3.44. The van der Waals surface area contributed by atoms with Crippen LogP contribution in [0.3, 0.4) is 0 Å². The molecule has 58 valence electrons. The van der Waals surface area contributed by atoms with Crippen molar-refractivity contribution in [2.45, 2.75) is 0 Å². The van der Waals surface area contributed by atoms with Gasteiger partial charge in [0.1, 0.15) is 0 Å². The summed E-state index contributed by atoms with van der Waals surface area (Å²) in [4.78, 5) is 10.3. The molecule has 0 fully saturated rings. The van der Waals surface area contributed by atoms with E-state index < -0.39 is 5.82 Å².